The minimum absolute atomic E-state index is 0.0199. The van der Waals surface area contributed by atoms with E-state index in [2.05, 4.69) is 10.4 Å². The van der Waals surface area contributed by atoms with Gasteiger partial charge in [-0.15, -0.1) is 5.10 Å². The molecule has 12 heteroatoms. The van der Waals surface area contributed by atoms with Crippen molar-refractivity contribution in [3.63, 3.8) is 0 Å². The number of carbonyl (C=O) groups excluding carboxylic acids is 2. The molecule has 0 bridgehead atoms. The largest absolute Gasteiger partial charge is 0.496 e. The Balaban J connectivity index is 1.44. The van der Waals surface area contributed by atoms with Crippen molar-refractivity contribution in [1.82, 2.24) is 14.7 Å². The zero-order chi connectivity index (χ0) is 28.2. The van der Waals surface area contributed by atoms with Gasteiger partial charge in [-0.05, 0) is 45.2 Å². The van der Waals surface area contributed by atoms with Crippen LogP contribution < -0.4 is 15.8 Å². The van der Waals surface area contributed by atoms with Crippen LogP contribution in [0.15, 0.2) is 51.7 Å². The van der Waals surface area contributed by atoms with E-state index < -0.39 is 17.5 Å². The van der Waals surface area contributed by atoms with Gasteiger partial charge in [0.25, 0.3) is 5.89 Å². The van der Waals surface area contributed by atoms with E-state index in [1.54, 1.807) is 4.90 Å². The number of methoxy groups -OCH3 is 1. The number of anilines is 1. The molecule has 4 rings (SSSR count). The maximum atomic E-state index is 12.7. The Hall–Kier alpha value is -3.99. The van der Waals surface area contributed by atoms with Gasteiger partial charge in [0.1, 0.15) is 18.0 Å². The first-order valence-corrected chi connectivity index (χ1v) is 12.8. The van der Waals surface area contributed by atoms with Gasteiger partial charge in [-0.2, -0.15) is 4.68 Å². The number of aromatic nitrogens is 2. The normalized spacial score (nSPS) is 14.1. The van der Waals surface area contributed by atoms with E-state index >= 15 is 0 Å². The predicted octanol–water partition coefficient (Wildman–Crippen LogP) is 5.49. The number of nitrogens with zero attached hydrogens (tertiary/aromatic N) is 3. The lowest BCUT2D eigenvalue weighted by Crippen LogP contribution is -2.43. The van der Waals surface area contributed by atoms with Gasteiger partial charge in [0, 0.05) is 19.2 Å². The zero-order valence-electron chi connectivity index (χ0n) is 22.2. The summed E-state index contributed by atoms with van der Waals surface area (Å²) in [5.74, 6) is -0.331. The third-order valence-electron chi connectivity index (χ3n) is 6.00. The number of hydrogen-bond donors (Lipinski definition) is 1. The number of halogens is 1. The van der Waals surface area contributed by atoms with Gasteiger partial charge in [-0.25, -0.2) is 14.4 Å². The number of piperidine rings is 1. The molecule has 1 saturated heterocycles. The molecule has 0 saturated carbocycles. The molecular formula is C27H31ClN4O7. The van der Waals surface area contributed by atoms with E-state index in [0.717, 1.165) is 5.56 Å². The second-order valence-corrected chi connectivity index (χ2v) is 10.4. The van der Waals surface area contributed by atoms with E-state index in [0.29, 0.717) is 31.5 Å². The Morgan fingerprint density at radius 1 is 1.15 bits per heavy atom. The number of nitrogens with one attached hydrogen (secondary N) is 1. The minimum Gasteiger partial charge on any atom is -0.496 e. The van der Waals surface area contributed by atoms with Crippen LogP contribution in [0.4, 0.5) is 15.3 Å². The van der Waals surface area contributed by atoms with Crippen molar-refractivity contribution in [2.24, 2.45) is 0 Å². The second-order valence-electron chi connectivity index (χ2n) is 10.0. The summed E-state index contributed by atoms with van der Waals surface area (Å²) >= 11 is 6.43. The molecule has 0 spiro atoms. The minimum atomic E-state index is -0.691. The van der Waals surface area contributed by atoms with E-state index in [9.17, 15) is 14.4 Å². The topological polar surface area (TPSA) is 125 Å². The highest BCUT2D eigenvalue weighted by molar-refractivity contribution is 6.34. The summed E-state index contributed by atoms with van der Waals surface area (Å²) in [6.07, 6.45) is -0.0521. The first-order chi connectivity index (χ1) is 18.5. The van der Waals surface area contributed by atoms with Crippen molar-refractivity contribution in [1.29, 1.82) is 0 Å². The lowest BCUT2D eigenvalue weighted by atomic mass is 10.1. The molecule has 0 atom stereocenters. The van der Waals surface area contributed by atoms with Gasteiger partial charge in [-0.1, -0.05) is 41.9 Å². The maximum Gasteiger partial charge on any atom is 0.437 e. The highest BCUT2D eigenvalue weighted by Crippen LogP contribution is 2.37. The average Bonchev–Trinajstić information content (AvgIpc) is 3.29. The molecule has 3 aromatic rings. The van der Waals surface area contributed by atoms with Crippen LogP contribution in [0.25, 0.3) is 11.5 Å². The summed E-state index contributed by atoms with van der Waals surface area (Å²) in [5, 5.41) is 7.16. The number of ether oxygens (including phenoxy) is 3. The summed E-state index contributed by atoms with van der Waals surface area (Å²) in [4.78, 5) is 39.0. The summed E-state index contributed by atoms with van der Waals surface area (Å²) in [6, 6.07) is 12.0. The predicted molar refractivity (Wildman–Crippen MR) is 144 cm³/mol. The molecule has 0 unspecified atom stereocenters. The quantitative estimate of drug-likeness (QED) is 0.421. The first-order valence-electron chi connectivity index (χ1n) is 12.5. The molecule has 0 radical (unpaired) electrons. The summed E-state index contributed by atoms with van der Waals surface area (Å²) in [7, 11) is 1.44. The van der Waals surface area contributed by atoms with Gasteiger partial charge >= 0.3 is 17.9 Å². The Kier molecular flexibility index (Phi) is 8.49. The monoisotopic (exact) mass is 558 g/mol. The zero-order valence-corrected chi connectivity index (χ0v) is 23.0. The van der Waals surface area contributed by atoms with E-state index in [4.69, 9.17) is 30.2 Å². The Morgan fingerprint density at radius 3 is 2.49 bits per heavy atom. The second kappa shape index (κ2) is 11.8. The standard InChI is InChI=1S/C27H31ClN4O7/c1-27(2,3)39-25(34)31-12-10-18(11-13-31)32-26(35)38-23(30-32)19-14-20(28)21(15-22(19)36-4)29-24(33)37-16-17-8-6-5-7-9-17/h5-9,14-15,18H,10-13,16H2,1-4H3,(H,29,33). The van der Waals surface area contributed by atoms with Crippen molar-refractivity contribution >= 4 is 29.5 Å². The molecule has 1 aliphatic heterocycles. The van der Waals surface area contributed by atoms with Crippen molar-refractivity contribution in [2.45, 2.75) is 51.9 Å². The van der Waals surface area contributed by atoms with Gasteiger partial charge < -0.3 is 23.5 Å². The van der Waals surface area contributed by atoms with Gasteiger partial charge in [-0.3, -0.25) is 5.32 Å². The van der Waals surface area contributed by atoms with Gasteiger partial charge in [0.2, 0.25) is 0 Å². The highest BCUT2D eigenvalue weighted by Gasteiger charge is 2.30. The molecule has 2 heterocycles. The van der Waals surface area contributed by atoms with Gasteiger partial charge in [0.05, 0.1) is 29.4 Å². The fourth-order valence-electron chi connectivity index (χ4n) is 4.10. The number of likely N-dealkylation sites (tertiary alicyclic amines) is 1. The Bertz CT molecular complexity index is 1370. The molecule has 208 valence electrons. The number of hydrogen-bond acceptors (Lipinski definition) is 8. The smallest absolute Gasteiger partial charge is 0.437 e. The third kappa shape index (κ3) is 7.11. The molecule has 1 fully saturated rings. The number of amides is 2. The molecule has 0 aliphatic carbocycles. The molecule has 2 amide bonds. The summed E-state index contributed by atoms with van der Waals surface area (Å²) in [5.41, 5.74) is 0.854. The third-order valence-corrected chi connectivity index (χ3v) is 6.31. The average molecular weight is 559 g/mol. The molecule has 2 aromatic carbocycles. The first kappa shape index (κ1) is 28.0. The maximum absolute atomic E-state index is 12.7. The van der Waals surface area contributed by atoms with Crippen LogP contribution in [0.3, 0.4) is 0 Å². The van der Waals surface area contributed by atoms with E-state index in [1.165, 1.54) is 23.9 Å². The molecule has 1 N–H and O–H groups in total. The highest BCUT2D eigenvalue weighted by atomic mass is 35.5. The molecular weight excluding hydrogens is 528 g/mol. The van der Waals surface area contributed by atoms with Crippen molar-refractivity contribution < 1.29 is 28.2 Å². The lowest BCUT2D eigenvalue weighted by Gasteiger charge is -2.32. The fourth-order valence-corrected chi connectivity index (χ4v) is 4.31. The van der Waals surface area contributed by atoms with Crippen molar-refractivity contribution in [2.75, 3.05) is 25.5 Å². The molecule has 11 nitrogen and oxygen atoms in total. The number of benzene rings is 2. The number of carbonyl (C=O) groups is 2. The van der Waals surface area contributed by atoms with Crippen molar-refractivity contribution in [3.8, 4) is 17.2 Å². The van der Waals surface area contributed by atoms with Crippen LogP contribution in [0.1, 0.15) is 45.2 Å². The van der Waals surface area contributed by atoms with Crippen LogP contribution in [0.5, 0.6) is 5.75 Å². The Morgan fingerprint density at radius 2 is 1.85 bits per heavy atom. The lowest BCUT2D eigenvalue weighted by molar-refractivity contribution is 0.0183. The number of rotatable bonds is 6. The molecule has 1 aliphatic rings. The summed E-state index contributed by atoms with van der Waals surface area (Å²) < 4.78 is 22.9. The van der Waals surface area contributed by atoms with Crippen LogP contribution >= 0.6 is 11.6 Å². The summed E-state index contributed by atoms with van der Waals surface area (Å²) in [6.45, 7) is 6.38. The van der Waals surface area contributed by atoms with E-state index in [-0.39, 0.29) is 41.1 Å². The SMILES string of the molecule is COc1cc(NC(=O)OCc2ccccc2)c(Cl)cc1-c1nn(C2CCN(C(=O)OC(C)(C)C)CC2)c(=O)o1. The van der Waals surface area contributed by atoms with Gasteiger partial charge in [0.15, 0.2) is 0 Å². The van der Waals surface area contributed by atoms with E-state index in [1.807, 2.05) is 51.1 Å². The van der Waals surface area contributed by atoms with Crippen LogP contribution in [0.2, 0.25) is 5.02 Å². The van der Waals surface area contributed by atoms with Crippen LogP contribution in [-0.2, 0) is 16.1 Å². The fraction of sp³-hybridized carbons (Fsp3) is 0.407. The van der Waals surface area contributed by atoms with Crippen molar-refractivity contribution in [3.05, 3.63) is 63.6 Å². The van der Waals surface area contributed by atoms with Crippen LogP contribution in [-0.4, -0.2) is 52.7 Å². The molecule has 39 heavy (non-hydrogen) atoms. The van der Waals surface area contributed by atoms with Crippen LogP contribution in [0, 0.1) is 0 Å². The molecule has 1 aromatic heterocycles. The Labute approximate surface area is 230 Å².